The van der Waals surface area contributed by atoms with Gasteiger partial charge in [0.2, 0.25) is 11.8 Å². The number of rotatable bonds is 4. The summed E-state index contributed by atoms with van der Waals surface area (Å²) in [5, 5.41) is 3.75. The van der Waals surface area contributed by atoms with Gasteiger partial charge in [-0.3, -0.25) is 9.59 Å². The summed E-state index contributed by atoms with van der Waals surface area (Å²) in [6.07, 6.45) is 1.10. The predicted octanol–water partition coefficient (Wildman–Crippen LogP) is 4.33. The fraction of sp³-hybridized carbons (Fsp3) is 0.600. The summed E-state index contributed by atoms with van der Waals surface area (Å²) in [7, 11) is 0. The molecule has 1 saturated heterocycles. The molecule has 138 valence electrons. The maximum Gasteiger partial charge on any atom is 0.227 e. The molecule has 2 amide bonds. The second kappa shape index (κ2) is 6.99. The van der Waals surface area contributed by atoms with Crippen LogP contribution in [0.5, 0.6) is 0 Å². The first-order valence-corrected chi connectivity index (χ1v) is 9.14. The number of hydrogen-bond acceptors (Lipinski definition) is 2. The van der Waals surface area contributed by atoms with Gasteiger partial charge in [-0.05, 0) is 50.3 Å². The highest BCUT2D eigenvalue weighted by Gasteiger charge is 2.37. The van der Waals surface area contributed by atoms with Crippen LogP contribution in [0.4, 0.5) is 5.69 Å². The lowest BCUT2D eigenvalue weighted by atomic mass is 9.81. The molecule has 0 bridgehead atoms. The number of halogens is 1. The molecule has 0 spiro atoms. The van der Waals surface area contributed by atoms with Crippen LogP contribution >= 0.6 is 11.6 Å². The second-order valence-corrected chi connectivity index (χ2v) is 9.36. The van der Waals surface area contributed by atoms with Crippen molar-refractivity contribution in [3.05, 3.63) is 28.8 Å². The summed E-state index contributed by atoms with van der Waals surface area (Å²) in [4.78, 5) is 26.7. The molecule has 5 heteroatoms. The standard InChI is InChI=1S/C20H29ClN2O2/c1-13-7-8-15(10-16(13)21)23-11-14(9-17(23)24)18(25)22-20(5,6)12-19(2,3)4/h7-8,10,14H,9,11-12H2,1-6H3,(H,22,25). The van der Waals surface area contributed by atoms with E-state index in [9.17, 15) is 9.59 Å². The smallest absolute Gasteiger partial charge is 0.227 e. The SMILES string of the molecule is Cc1ccc(N2CC(C(=O)NC(C)(C)CC(C)(C)C)CC2=O)cc1Cl. The molecular formula is C20H29ClN2O2. The molecular weight excluding hydrogens is 336 g/mol. The van der Waals surface area contributed by atoms with E-state index in [1.54, 1.807) is 11.0 Å². The Hall–Kier alpha value is -1.55. The molecule has 1 fully saturated rings. The van der Waals surface area contributed by atoms with Crippen molar-refractivity contribution in [1.82, 2.24) is 5.32 Å². The molecule has 1 aliphatic heterocycles. The van der Waals surface area contributed by atoms with Gasteiger partial charge in [0, 0.05) is 29.2 Å². The minimum absolute atomic E-state index is 0.0336. The summed E-state index contributed by atoms with van der Waals surface area (Å²) in [6, 6.07) is 5.56. The van der Waals surface area contributed by atoms with E-state index in [1.165, 1.54) is 0 Å². The highest BCUT2D eigenvalue weighted by atomic mass is 35.5. The Labute approximate surface area is 155 Å². The Morgan fingerprint density at radius 2 is 1.92 bits per heavy atom. The third kappa shape index (κ3) is 5.21. The van der Waals surface area contributed by atoms with Gasteiger partial charge in [-0.25, -0.2) is 0 Å². The topological polar surface area (TPSA) is 49.4 Å². The van der Waals surface area contributed by atoms with Gasteiger partial charge in [0.05, 0.1) is 5.92 Å². The lowest BCUT2D eigenvalue weighted by Crippen LogP contribution is -2.48. The maximum absolute atomic E-state index is 12.7. The zero-order chi connectivity index (χ0) is 19.0. The quantitative estimate of drug-likeness (QED) is 0.864. The maximum atomic E-state index is 12.7. The van der Waals surface area contributed by atoms with Crippen LogP contribution in [0, 0.1) is 18.3 Å². The van der Waals surface area contributed by atoms with Crippen LogP contribution in [0.15, 0.2) is 18.2 Å². The van der Waals surface area contributed by atoms with E-state index in [0.29, 0.717) is 11.6 Å². The molecule has 1 unspecified atom stereocenters. The van der Waals surface area contributed by atoms with Gasteiger partial charge in [-0.2, -0.15) is 0 Å². The number of hydrogen-bond donors (Lipinski definition) is 1. The van der Waals surface area contributed by atoms with Crippen molar-refractivity contribution in [2.75, 3.05) is 11.4 Å². The van der Waals surface area contributed by atoms with Crippen molar-refractivity contribution >= 4 is 29.1 Å². The first kappa shape index (κ1) is 19.8. The second-order valence-electron chi connectivity index (χ2n) is 8.95. The Morgan fingerprint density at radius 1 is 1.28 bits per heavy atom. The number of amides is 2. The van der Waals surface area contributed by atoms with Crippen LogP contribution in [0.2, 0.25) is 5.02 Å². The molecule has 1 aliphatic rings. The molecule has 1 heterocycles. The fourth-order valence-corrected chi connectivity index (χ4v) is 3.86. The van der Waals surface area contributed by atoms with Crippen LogP contribution in [-0.4, -0.2) is 23.9 Å². The number of benzene rings is 1. The molecule has 4 nitrogen and oxygen atoms in total. The molecule has 1 N–H and O–H groups in total. The molecule has 0 saturated carbocycles. The molecule has 1 aromatic rings. The van der Waals surface area contributed by atoms with Gasteiger partial charge in [-0.1, -0.05) is 38.4 Å². The van der Waals surface area contributed by atoms with Crippen molar-refractivity contribution in [2.45, 2.75) is 59.9 Å². The Kier molecular flexibility index (Phi) is 5.53. The molecule has 1 aromatic carbocycles. The van der Waals surface area contributed by atoms with Gasteiger partial charge in [0.25, 0.3) is 0 Å². The number of carbonyl (C=O) groups is 2. The van der Waals surface area contributed by atoms with E-state index >= 15 is 0 Å². The van der Waals surface area contributed by atoms with Crippen molar-refractivity contribution in [3.8, 4) is 0 Å². The largest absolute Gasteiger partial charge is 0.351 e. The van der Waals surface area contributed by atoms with Crippen molar-refractivity contribution in [1.29, 1.82) is 0 Å². The van der Waals surface area contributed by atoms with Gasteiger partial charge >= 0.3 is 0 Å². The summed E-state index contributed by atoms with van der Waals surface area (Å²) in [5.74, 6) is -0.413. The predicted molar refractivity (Wildman–Crippen MR) is 103 cm³/mol. The summed E-state index contributed by atoms with van der Waals surface area (Å²) >= 11 is 6.17. The summed E-state index contributed by atoms with van der Waals surface area (Å²) in [6.45, 7) is 12.9. The molecule has 2 rings (SSSR count). The third-order valence-corrected chi connectivity index (χ3v) is 4.80. The Bertz CT molecular complexity index is 677. The van der Waals surface area contributed by atoms with E-state index in [1.807, 2.05) is 32.9 Å². The van der Waals surface area contributed by atoms with Crippen LogP contribution in [0.25, 0.3) is 0 Å². The average Bonchev–Trinajstić information content (AvgIpc) is 2.81. The lowest BCUT2D eigenvalue weighted by molar-refractivity contribution is -0.128. The minimum Gasteiger partial charge on any atom is -0.351 e. The van der Waals surface area contributed by atoms with Gasteiger partial charge in [0.15, 0.2) is 0 Å². The summed E-state index contributed by atoms with van der Waals surface area (Å²) < 4.78 is 0. The lowest BCUT2D eigenvalue weighted by Gasteiger charge is -2.34. The molecule has 25 heavy (non-hydrogen) atoms. The van der Waals surface area contributed by atoms with Crippen LogP contribution in [0.3, 0.4) is 0 Å². The Morgan fingerprint density at radius 3 is 2.48 bits per heavy atom. The fourth-order valence-electron chi connectivity index (χ4n) is 3.69. The van der Waals surface area contributed by atoms with Crippen molar-refractivity contribution in [3.63, 3.8) is 0 Å². The monoisotopic (exact) mass is 364 g/mol. The van der Waals surface area contributed by atoms with Crippen LogP contribution < -0.4 is 10.2 Å². The minimum atomic E-state index is -0.327. The van der Waals surface area contributed by atoms with Gasteiger partial charge in [-0.15, -0.1) is 0 Å². The number of nitrogens with zero attached hydrogens (tertiary/aromatic N) is 1. The first-order chi connectivity index (χ1) is 11.4. The van der Waals surface area contributed by atoms with Crippen LogP contribution in [0.1, 0.15) is 53.0 Å². The van der Waals surface area contributed by atoms with Crippen molar-refractivity contribution < 1.29 is 9.59 Å². The highest BCUT2D eigenvalue weighted by Crippen LogP contribution is 2.30. The molecule has 1 atom stereocenters. The molecule has 0 aromatic heterocycles. The van der Waals surface area contributed by atoms with Crippen molar-refractivity contribution in [2.24, 2.45) is 11.3 Å². The third-order valence-electron chi connectivity index (χ3n) is 4.40. The number of carbonyl (C=O) groups excluding carboxylic acids is 2. The van der Waals surface area contributed by atoms with E-state index in [-0.39, 0.29) is 35.1 Å². The van der Waals surface area contributed by atoms with Crippen LogP contribution in [-0.2, 0) is 9.59 Å². The van der Waals surface area contributed by atoms with Gasteiger partial charge < -0.3 is 10.2 Å². The highest BCUT2D eigenvalue weighted by molar-refractivity contribution is 6.31. The zero-order valence-electron chi connectivity index (χ0n) is 16.1. The molecule has 0 radical (unpaired) electrons. The summed E-state index contributed by atoms with van der Waals surface area (Å²) in [5.41, 5.74) is 1.53. The molecule has 0 aliphatic carbocycles. The van der Waals surface area contributed by atoms with E-state index in [4.69, 9.17) is 11.6 Å². The average molecular weight is 365 g/mol. The number of anilines is 1. The number of nitrogens with one attached hydrogen (secondary N) is 1. The van der Waals surface area contributed by atoms with E-state index in [0.717, 1.165) is 17.7 Å². The van der Waals surface area contributed by atoms with Gasteiger partial charge in [0.1, 0.15) is 0 Å². The number of aryl methyl sites for hydroxylation is 1. The normalized spacial score (nSPS) is 18.6. The van der Waals surface area contributed by atoms with E-state index in [2.05, 4.69) is 26.1 Å². The Balaban J connectivity index is 2.06. The van der Waals surface area contributed by atoms with E-state index < -0.39 is 0 Å². The zero-order valence-corrected chi connectivity index (χ0v) is 16.8. The first-order valence-electron chi connectivity index (χ1n) is 8.76.